The van der Waals surface area contributed by atoms with Crippen molar-refractivity contribution in [2.45, 2.75) is 20.3 Å². The van der Waals surface area contributed by atoms with Crippen molar-refractivity contribution in [3.05, 3.63) is 48.0 Å². The molecule has 8 heteroatoms. The summed E-state index contributed by atoms with van der Waals surface area (Å²) >= 11 is 0. The highest BCUT2D eigenvalue weighted by Crippen LogP contribution is 2.21. The van der Waals surface area contributed by atoms with Gasteiger partial charge in [-0.25, -0.2) is 9.18 Å². The summed E-state index contributed by atoms with van der Waals surface area (Å²) in [5.41, 5.74) is 2.54. The first kappa shape index (κ1) is 19.6. The van der Waals surface area contributed by atoms with Crippen molar-refractivity contribution in [3.8, 4) is 0 Å². The quantitative estimate of drug-likeness (QED) is 0.850. The fourth-order valence-corrected chi connectivity index (χ4v) is 3.20. The molecule has 0 bridgehead atoms. The minimum Gasteiger partial charge on any atom is -0.370 e. The van der Waals surface area contributed by atoms with Gasteiger partial charge in [-0.2, -0.15) is 0 Å². The smallest absolute Gasteiger partial charge is 0.321 e. The second-order valence-electron chi connectivity index (χ2n) is 6.79. The largest absolute Gasteiger partial charge is 0.370 e. The molecular formula is C20H24FN5O2. The van der Waals surface area contributed by atoms with Crippen LogP contribution in [0.4, 0.5) is 26.2 Å². The summed E-state index contributed by atoms with van der Waals surface area (Å²) in [5, 5.41) is 5.20. The van der Waals surface area contributed by atoms with Gasteiger partial charge in [-0.15, -0.1) is 0 Å². The zero-order valence-electron chi connectivity index (χ0n) is 16.0. The predicted octanol–water partition coefficient (Wildman–Crippen LogP) is 3.23. The highest BCUT2D eigenvalue weighted by Gasteiger charge is 2.20. The average Bonchev–Trinajstić information content (AvgIpc) is 2.90. The van der Waals surface area contributed by atoms with Gasteiger partial charge in [-0.05, 0) is 43.7 Å². The molecule has 3 amide bonds. The Morgan fingerprint density at radius 2 is 1.89 bits per heavy atom. The number of amides is 3. The lowest BCUT2D eigenvalue weighted by molar-refractivity contribution is -0.114. The second kappa shape index (κ2) is 8.69. The van der Waals surface area contributed by atoms with E-state index in [9.17, 15) is 14.0 Å². The number of rotatable bonds is 3. The van der Waals surface area contributed by atoms with Crippen molar-refractivity contribution in [3.63, 3.8) is 0 Å². The van der Waals surface area contributed by atoms with Gasteiger partial charge in [0.2, 0.25) is 5.91 Å². The van der Waals surface area contributed by atoms with Crippen molar-refractivity contribution < 1.29 is 14.0 Å². The molecule has 2 N–H and O–H groups in total. The van der Waals surface area contributed by atoms with E-state index in [-0.39, 0.29) is 17.6 Å². The fourth-order valence-electron chi connectivity index (χ4n) is 3.20. The molecule has 1 aliphatic rings. The third-order valence-corrected chi connectivity index (χ3v) is 4.56. The van der Waals surface area contributed by atoms with Gasteiger partial charge in [-0.3, -0.25) is 9.78 Å². The number of carbonyl (C=O) groups is 2. The first-order chi connectivity index (χ1) is 13.4. The molecule has 7 nitrogen and oxygen atoms in total. The van der Waals surface area contributed by atoms with Gasteiger partial charge in [0.1, 0.15) is 5.82 Å². The number of carbonyl (C=O) groups excluding carboxylic acids is 2. The SMILES string of the molecule is CC(=O)Nc1cc(NC(=O)N2CCCN(c3ccnc(C)c3)CC2)ccc1F. The summed E-state index contributed by atoms with van der Waals surface area (Å²) in [7, 11) is 0. The summed E-state index contributed by atoms with van der Waals surface area (Å²) < 4.78 is 13.8. The lowest BCUT2D eigenvalue weighted by Gasteiger charge is -2.24. The number of nitrogens with zero attached hydrogens (tertiary/aromatic N) is 3. The van der Waals surface area contributed by atoms with Crippen LogP contribution in [0.15, 0.2) is 36.5 Å². The van der Waals surface area contributed by atoms with Crippen LogP contribution >= 0.6 is 0 Å². The number of hydrogen-bond donors (Lipinski definition) is 2. The lowest BCUT2D eigenvalue weighted by Crippen LogP contribution is -2.38. The Morgan fingerprint density at radius 3 is 2.64 bits per heavy atom. The van der Waals surface area contributed by atoms with Crippen LogP contribution in [0.3, 0.4) is 0 Å². The van der Waals surface area contributed by atoms with Crippen LogP contribution in [-0.2, 0) is 4.79 Å². The zero-order valence-corrected chi connectivity index (χ0v) is 16.0. The van der Waals surface area contributed by atoms with E-state index in [0.717, 1.165) is 30.9 Å². The van der Waals surface area contributed by atoms with E-state index in [1.807, 2.05) is 19.1 Å². The molecule has 0 aliphatic carbocycles. The van der Waals surface area contributed by atoms with Gasteiger partial charge in [0.25, 0.3) is 0 Å². The van der Waals surface area contributed by atoms with Crippen LogP contribution in [-0.4, -0.2) is 48.0 Å². The summed E-state index contributed by atoms with van der Waals surface area (Å²) in [6.07, 6.45) is 2.64. The van der Waals surface area contributed by atoms with Crippen molar-refractivity contribution in [2.75, 3.05) is 41.7 Å². The third-order valence-electron chi connectivity index (χ3n) is 4.56. The molecule has 0 unspecified atom stereocenters. The molecule has 0 saturated carbocycles. The summed E-state index contributed by atoms with van der Waals surface area (Å²) in [6.45, 7) is 6.05. The van der Waals surface area contributed by atoms with E-state index >= 15 is 0 Å². The number of benzene rings is 1. The minimum atomic E-state index is -0.550. The maximum Gasteiger partial charge on any atom is 0.321 e. The molecule has 2 heterocycles. The minimum absolute atomic E-state index is 0.0420. The molecule has 1 saturated heterocycles. The number of aryl methyl sites for hydroxylation is 1. The number of anilines is 3. The summed E-state index contributed by atoms with van der Waals surface area (Å²) in [5.74, 6) is -0.924. The predicted molar refractivity (Wildman–Crippen MR) is 107 cm³/mol. The number of aromatic nitrogens is 1. The molecule has 28 heavy (non-hydrogen) atoms. The Balaban J connectivity index is 1.63. The van der Waals surface area contributed by atoms with Crippen LogP contribution in [0.1, 0.15) is 19.0 Å². The van der Waals surface area contributed by atoms with Gasteiger partial charge in [0.15, 0.2) is 0 Å². The molecule has 1 aliphatic heterocycles. The molecule has 0 atom stereocenters. The zero-order chi connectivity index (χ0) is 20.1. The summed E-state index contributed by atoms with van der Waals surface area (Å²) in [4.78, 5) is 32.0. The van der Waals surface area contributed by atoms with Crippen LogP contribution in [0.2, 0.25) is 0 Å². The van der Waals surface area contributed by atoms with E-state index in [1.54, 1.807) is 11.1 Å². The molecule has 0 spiro atoms. The lowest BCUT2D eigenvalue weighted by atomic mass is 10.2. The Kier molecular flexibility index (Phi) is 6.08. The van der Waals surface area contributed by atoms with Crippen molar-refractivity contribution in [1.82, 2.24) is 9.88 Å². The first-order valence-corrected chi connectivity index (χ1v) is 9.23. The molecule has 1 aromatic carbocycles. The molecule has 1 fully saturated rings. The molecule has 148 valence electrons. The fraction of sp³-hybridized carbons (Fsp3) is 0.350. The Morgan fingerprint density at radius 1 is 1.07 bits per heavy atom. The number of hydrogen-bond acceptors (Lipinski definition) is 4. The molecule has 3 rings (SSSR count). The maximum atomic E-state index is 13.8. The maximum absolute atomic E-state index is 13.8. The molecule has 2 aromatic rings. The van der Waals surface area contributed by atoms with Crippen LogP contribution in [0, 0.1) is 12.7 Å². The van der Waals surface area contributed by atoms with Gasteiger partial charge >= 0.3 is 6.03 Å². The average molecular weight is 385 g/mol. The molecule has 1 aromatic heterocycles. The van der Waals surface area contributed by atoms with Crippen LogP contribution in [0.5, 0.6) is 0 Å². The van der Waals surface area contributed by atoms with Gasteiger partial charge in [0.05, 0.1) is 5.69 Å². The topological polar surface area (TPSA) is 77.6 Å². The van der Waals surface area contributed by atoms with Crippen LogP contribution in [0.25, 0.3) is 0 Å². The van der Waals surface area contributed by atoms with E-state index < -0.39 is 5.82 Å². The van der Waals surface area contributed by atoms with E-state index in [2.05, 4.69) is 20.5 Å². The Bertz CT molecular complexity index is 873. The Labute approximate surface area is 163 Å². The second-order valence-corrected chi connectivity index (χ2v) is 6.79. The Hall–Kier alpha value is -3.16. The molecular weight excluding hydrogens is 361 g/mol. The normalized spacial score (nSPS) is 14.4. The number of halogens is 1. The van der Waals surface area contributed by atoms with Gasteiger partial charge < -0.3 is 20.4 Å². The van der Waals surface area contributed by atoms with Gasteiger partial charge in [-0.1, -0.05) is 0 Å². The van der Waals surface area contributed by atoms with Gasteiger partial charge in [0, 0.05) is 56.4 Å². The monoisotopic (exact) mass is 385 g/mol. The van der Waals surface area contributed by atoms with Crippen LogP contribution < -0.4 is 15.5 Å². The van der Waals surface area contributed by atoms with E-state index in [4.69, 9.17) is 0 Å². The van der Waals surface area contributed by atoms with Crippen molar-refractivity contribution in [2.24, 2.45) is 0 Å². The first-order valence-electron chi connectivity index (χ1n) is 9.23. The van der Waals surface area contributed by atoms with E-state index in [0.29, 0.717) is 18.8 Å². The number of nitrogens with one attached hydrogen (secondary N) is 2. The van der Waals surface area contributed by atoms with Crippen molar-refractivity contribution in [1.29, 1.82) is 0 Å². The van der Waals surface area contributed by atoms with E-state index in [1.165, 1.54) is 25.1 Å². The highest BCUT2D eigenvalue weighted by atomic mass is 19.1. The number of urea groups is 1. The highest BCUT2D eigenvalue weighted by molar-refractivity contribution is 5.92. The van der Waals surface area contributed by atoms with Crippen molar-refractivity contribution >= 4 is 29.0 Å². The molecule has 0 radical (unpaired) electrons. The third kappa shape index (κ3) is 4.97. The summed E-state index contributed by atoms with van der Waals surface area (Å²) in [6, 6.07) is 7.88. The standard InChI is InChI=1S/C20H24FN5O2/c1-14-12-17(6-7-22-14)25-8-3-9-26(11-10-25)20(28)24-16-4-5-18(21)19(13-16)23-15(2)27/h4-7,12-13H,3,8-11H2,1-2H3,(H,23,27)(H,24,28). The number of pyridine rings is 1.